The Morgan fingerprint density at radius 3 is 1.94 bits per heavy atom. The highest BCUT2D eigenvalue weighted by molar-refractivity contribution is 5.99. The van der Waals surface area contributed by atoms with Gasteiger partial charge in [-0.15, -0.1) is 0 Å². The van der Waals surface area contributed by atoms with Crippen molar-refractivity contribution in [3.05, 3.63) is 47.5 Å². The molecule has 8 nitrogen and oxygen atoms in total. The number of hydrogen-bond donors (Lipinski definition) is 3. The van der Waals surface area contributed by atoms with Crippen molar-refractivity contribution in [1.29, 1.82) is 0 Å². The van der Waals surface area contributed by atoms with Crippen LogP contribution in [-0.4, -0.2) is 37.5 Å². The highest BCUT2D eigenvalue weighted by atomic mass is 16.5. The van der Waals surface area contributed by atoms with Crippen LogP contribution in [0.5, 0.6) is 11.5 Å². The summed E-state index contributed by atoms with van der Waals surface area (Å²) in [6.07, 6.45) is 0.599. The summed E-state index contributed by atoms with van der Waals surface area (Å²) in [5, 5.41) is 8.13. The summed E-state index contributed by atoms with van der Waals surface area (Å²) in [5.41, 5.74) is 2.18. The van der Waals surface area contributed by atoms with E-state index in [-0.39, 0.29) is 17.7 Å². The lowest BCUT2D eigenvalue weighted by molar-refractivity contribution is -0.115. The van der Waals surface area contributed by atoms with Gasteiger partial charge in [-0.3, -0.25) is 14.4 Å². The largest absolute Gasteiger partial charge is 0.490 e. The monoisotopic (exact) mass is 427 g/mol. The molecule has 31 heavy (non-hydrogen) atoms. The summed E-state index contributed by atoms with van der Waals surface area (Å²) in [4.78, 5) is 35.4. The first-order valence-electron chi connectivity index (χ1n) is 10.2. The average molecular weight is 428 g/mol. The van der Waals surface area contributed by atoms with E-state index in [0.29, 0.717) is 54.6 Å². The van der Waals surface area contributed by atoms with E-state index in [9.17, 15) is 14.4 Å². The molecule has 0 atom stereocenters. The number of anilines is 2. The zero-order valence-corrected chi connectivity index (χ0v) is 18.3. The van der Waals surface area contributed by atoms with Crippen molar-refractivity contribution in [2.75, 3.05) is 30.4 Å². The predicted octanol–water partition coefficient (Wildman–Crippen LogP) is 3.37. The summed E-state index contributed by atoms with van der Waals surface area (Å²) < 4.78 is 11.2. The number of carbonyl (C=O) groups is 3. The Morgan fingerprint density at radius 2 is 1.39 bits per heavy atom. The smallest absolute Gasteiger partial charge is 0.251 e. The van der Waals surface area contributed by atoms with E-state index >= 15 is 0 Å². The molecule has 0 heterocycles. The van der Waals surface area contributed by atoms with Gasteiger partial charge in [0.1, 0.15) is 0 Å². The molecular weight excluding hydrogens is 398 g/mol. The molecule has 0 saturated heterocycles. The number of hydrogen-bond acceptors (Lipinski definition) is 5. The van der Waals surface area contributed by atoms with E-state index < -0.39 is 0 Å². The fourth-order valence-electron chi connectivity index (χ4n) is 2.98. The normalized spacial score (nSPS) is 10.2. The van der Waals surface area contributed by atoms with Gasteiger partial charge in [0, 0.05) is 37.3 Å². The van der Waals surface area contributed by atoms with Gasteiger partial charge in [-0.25, -0.2) is 0 Å². The van der Waals surface area contributed by atoms with Gasteiger partial charge in [-0.05, 0) is 56.2 Å². The first-order valence-corrected chi connectivity index (χ1v) is 10.2. The van der Waals surface area contributed by atoms with Crippen LogP contribution >= 0.6 is 0 Å². The second kappa shape index (κ2) is 11.6. The van der Waals surface area contributed by atoms with Crippen molar-refractivity contribution in [3.8, 4) is 11.5 Å². The summed E-state index contributed by atoms with van der Waals surface area (Å²) in [6.45, 7) is 8.05. The number of carbonyl (C=O) groups excluding carboxylic acids is 3. The van der Waals surface area contributed by atoms with Crippen LogP contribution in [0, 0.1) is 0 Å². The van der Waals surface area contributed by atoms with Crippen LogP contribution in [0.15, 0.2) is 36.4 Å². The summed E-state index contributed by atoms with van der Waals surface area (Å²) in [7, 11) is 0. The minimum Gasteiger partial charge on any atom is -0.490 e. The quantitative estimate of drug-likeness (QED) is 0.539. The van der Waals surface area contributed by atoms with Crippen LogP contribution in [0.4, 0.5) is 11.4 Å². The third-order valence-electron chi connectivity index (χ3n) is 4.14. The molecule has 0 radical (unpaired) electrons. The Bertz CT molecular complexity index is 909. The molecule has 0 saturated carbocycles. The third-order valence-corrected chi connectivity index (χ3v) is 4.14. The van der Waals surface area contributed by atoms with Gasteiger partial charge in [-0.1, -0.05) is 6.07 Å². The van der Waals surface area contributed by atoms with Crippen LogP contribution in [0.25, 0.3) is 0 Å². The minimum atomic E-state index is -0.310. The molecule has 0 aromatic heterocycles. The molecule has 0 aliphatic rings. The molecule has 166 valence electrons. The van der Waals surface area contributed by atoms with E-state index in [4.69, 9.17) is 9.47 Å². The van der Waals surface area contributed by atoms with Gasteiger partial charge in [-0.2, -0.15) is 0 Å². The van der Waals surface area contributed by atoms with Gasteiger partial charge in [0.05, 0.1) is 13.2 Å². The second-order valence-corrected chi connectivity index (χ2v) is 6.81. The number of nitrogens with one attached hydrogen (secondary N) is 3. The molecule has 2 aromatic rings. The van der Waals surface area contributed by atoms with Crippen molar-refractivity contribution in [2.45, 2.75) is 34.1 Å². The van der Waals surface area contributed by atoms with Crippen LogP contribution in [-0.2, 0) is 16.0 Å². The van der Waals surface area contributed by atoms with Crippen LogP contribution in [0.1, 0.15) is 43.6 Å². The Labute approximate surface area is 182 Å². The third kappa shape index (κ3) is 7.65. The Morgan fingerprint density at radius 1 is 0.806 bits per heavy atom. The Hall–Kier alpha value is -3.55. The van der Waals surface area contributed by atoms with Crippen molar-refractivity contribution in [2.24, 2.45) is 0 Å². The van der Waals surface area contributed by atoms with Crippen molar-refractivity contribution in [1.82, 2.24) is 5.32 Å². The fourth-order valence-corrected chi connectivity index (χ4v) is 2.98. The van der Waals surface area contributed by atoms with E-state index in [2.05, 4.69) is 16.0 Å². The standard InChI is InChI=1S/C23H29N3O5/c1-5-30-21-8-7-17(11-22(21)31-6-2)9-10-24-23(29)18-12-19(25-15(3)27)14-20(13-18)26-16(4)28/h7-8,11-14H,5-6,9-10H2,1-4H3,(H,24,29)(H,25,27)(H,26,28). The highest BCUT2D eigenvalue weighted by Gasteiger charge is 2.11. The van der Waals surface area contributed by atoms with E-state index in [1.807, 2.05) is 32.0 Å². The molecule has 2 aromatic carbocycles. The van der Waals surface area contributed by atoms with Gasteiger partial charge in [0.2, 0.25) is 11.8 Å². The molecule has 0 spiro atoms. The Kier molecular flexibility index (Phi) is 8.87. The highest BCUT2D eigenvalue weighted by Crippen LogP contribution is 2.28. The predicted molar refractivity (Wildman–Crippen MR) is 120 cm³/mol. The zero-order chi connectivity index (χ0) is 22.8. The van der Waals surface area contributed by atoms with E-state index in [1.165, 1.54) is 13.8 Å². The lowest BCUT2D eigenvalue weighted by atomic mass is 10.1. The molecule has 3 N–H and O–H groups in total. The first-order chi connectivity index (χ1) is 14.8. The fraction of sp³-hybridized carbons (Fsp3) is 0.348. The number of amides is 3. The molecular formula is C23H29N3O5. The van der Waals surface area contributed by atoms with Gasteiger partial charge in [0.25, 0.3) is 5.91 Å². The molecule has 0 aliphatic carbocycles. The lowest BCUT2D eigenvalue weighted by Gasteiger charge is -2.13. The number of benzene rings is 2. The maximum atomic E-state index is 12.6. The second-order valence-electron chi connectivity index (χ2n) is 6.81. The molecule has 0 unspecified atom stereocenters. The average Bonchev–Trinajstić information content (AvgIpc) is 2.69. The molecule has 0 bridgehead atoms. The molecule has 0 fully saturated rings. The Balaban J connectivity index is 2.07. The van der Waals surface area contributed by atoms with E-state index in [0.717, 1.165) is 5.56 Å². The van der Waals surface area contributed by atoms with Gasteiger partial charge in [0.15, 0.2) is 11.5 Å². The maximum absolute atomic E-state index is 12.6. The van der Waals surface area contributed by atoms with Crippen LogP contribution < -0.4 is 25.4 Å². The topological polar surface area (TPSA) is 106 Å². The minimum absolute atomic E-state index is 0.271. The first kappa shape index (κ1) is 23.7. The molecule has 0 aliphatic heterocycles. The summed E-state index contributed by atoms with van der Waals surface area (Å²) in [6, 6.07) is 10.4. The maximum Gasteiger partial charge on any atom is 0.251 e. The van der Waals surface area contributed by atoms with Crippen LogP contribution in [0.2, 0.25) is 0 Å². The molecule has 2 rings (SSSR count). The molecule has 8 heteroatoms. The van der Waals surface area contributed by atoms with Gasteiger partial charge >= 0.3 is 0 Å². The van der Waals surface area contributed by atoms with Crippen molar-refractivity contribution < 1.29 is 23.9 Å². The zero-order valence-electron chi connectivity index (χ0n) is 18.3. The number of rotatable bonds is 10. The SMILES string of the molecule is CCOc1ccc(CCNC(=O)c2cc(NC(C)=O)cc(NC(C)=O)c2)cc1OCC. The van der Waals surface area contributed by atoms with Gasteiger partial charge < -0.3 is 25.4 Å². The molecule has 3 amide bonds. The van der Waals surface area contributed by atoms with Crippen LogP contribution in [0.3, 0.4) is 0 Å². The summed E-state index contributed by atoms with van der Waals surface area (Å²) >= 11 is 0. The van der Waals surface area contributed by atoms with Crippen molar-refractivity contribution >= 4 is 29.1 Å². The van der Waals surface area contributed by atoms with Crippen molar-refractivity contribution in [3.63, 3.8) is 0 Å². The van der Waals surface area contributed by atoms with E-state index in [1.54, 1.807) is 18.2 Å². The number of ether oxygens (including phenoxy) is 2. The summed E-state index contributed by atoms with van der Waals surface area (Å²) in [5.74, 6) is 0.516. The lowest BCUT2D eigenvalue weighted by Crippen LogP contribution is -2.26.